The summed E-state index contributed by atoms with van der Waals surface area (Å²) < 4.78 is 10.5. The van der Waals surface area contributed by atoms with E-state index in [0.717, 1.165) is 0 Å². The number of ether oxygens (including phenoxy) is 2. The van der Waals surface area contributed by atoms with Gasteiger partial charge in [0, 0.05) is 13.0 Å². The zero-order valence-electron chi connectivity index (χ0n) is 11.0. The van der Waals surface area contributed by atoms with Crippen LogP contribution in [-0.2, 0) is 14.3 Å². The summed E-state index contributed by atoms with van der Waals surface area (Å²) in [6, 6.07) is -0.497. The van der Waals surface area contributed by atoms with E-state index in [2.05, 4.69) is 0 Å². The van der Waals surface area contributed by atoms with Crippen LogP contribution in [0.2, 0.25) is 0 Å². The summed E-state index contributed by atoms with van der Waals surface area (Å²) >= 11 is 0. The van der Waals surface area contributed by atoms with Crippen LogP contribution in [0.1, 0.15) is 34.1 Å². The Labute approximate surface area is 102 Å². The normalized spacial score (nSPS) is 21.2. The largest absolute Gasteiger partial charge is 0.444 e. The van der Waals surface area contributed by atoms with E-state index in [1.54, 1.807) is 6.92 Å². The van der Waals surface area contributed by atoms with E-state index in [0.29, 0.717) is 19.6 Å². The van der Waals surface area contributed by atoms with Crippen molar-refractivity contribution >= 4 is 11.9 Å². The van der Waals surface area contributed by atoms with Crippen LogP contribution in [0, 0.1) is 0 Å². The van der Waals surface area contributed by atoms with Crippen LogP contribution in [-0.4, -0.2) is 48.2 Å². The van der Waals surface area contributed by atoms with Crippen LogP contribution in [0.15, 0.2) is 0 Å². The predicted molar refractivity (Wildman–Crippen MR) is 62.8 cm³/mol. The molecule has 1 aliphatic heterocycles. The molecule has 1 amide bonds. The molecule has 1 fully saturated rings. The Kier molecular flexibility index (Phi) is 4.51. The molecule has 1 aliphatic rings. The lowest BCUT2D eigenvalue weighted by molar-refractivity contribution is -0.129. The molecule has 98 valence electrons. The highest BCUT2D eigenvalue weighted by Crippen LogP contribution is 2.15. The molecular weight excluding hydrogens is 222 g/mol. The fourth-order valence-corrected chi connectivity index (χ4v) is 1.65. The second-order valence-electron chi connectivity index (χ2n) is 5.08. The summed E-state index contributed by atoms with van der Waals surface area (Å²) in [6.07, 6.45) is -0.0413. The van der Waals surface area contributed by atoms with Gasteiger partial charge < -0.3 is 9.47 Å². The second kappa shape index (κ2) is 5.49. The molecule has 0 aromatic rings. The van der Waals surface area contributed by atoms with Gasteiger partial charge in [-0.3, -0.25) is 9.69 Å². The van der Waals surface area contributed by atoms with Crippen LogP contribution in [0.3, 0.4) is 0 Å². The van der Waals surface area contributed by atoms with Gasteiger partial charge in [0.15, 0.2) is 5.78 Å². The fourth-order valence-electron chi connectivity index (χ4n) is 1.65. The SMILES string of the molecule is CCC(=O)[C@@H]1COCCN1C(=O)OC(C)(C)C. The van der Waals surface area contributed by atoms with Gasteiger partial charge in [0.05, 0.1) is 13.2 Å². The van der Waals surface area contributed by atoms with Gasteiger partial charge in [-0.1, -0.05) is 6.92 Å². The van der Waals surface area contributed by atoms with Gasteiger partial charge in [-0.15, -0.1) is 0 Å². The zero-order valence-corrected chi connectivity index (χ0v) is 11.0. The predicted octanol–water partition coefficient (Wildman–Crippen LogP) is 1.60. The van der Waals surface area contributed by atoms with Crippen molar-refractivity contribution in [2.75, 3.05) is 19.8 Å². The van der Waals surface area contributed by atoms with Crippen LogP contribution in [0.4, 0.5) is 4.79 Å². The van der Waals surface area contributed by atoms with Gasteiger partial charge in [-0.25, -0.2) is 4.79 Å². The van der Waals surface area contributed by atoms with Crippen molar-refractivity contribution in [3.63, 3.8) is 0 Å². The molecule has 1 atom stereocenters. The summed E-state index contributed by atoms with van der Waals surface area (Å²) in [5.74, 6) is 0.00978. The quantitative estimate of drug-likeness (QED) is 0.739. The monoisotopic (exact) mass is 243 g/mol. The number of amides is 1. The van der Waals surface area contributed by atoms with Gasteiger partial charge >= 0.3 is 6.09 Å². The zero-order chi connectivity index (χ0) is 13.1. The fraction of sp³-hybridized carbons (Fsp3) is 0.833. The second-order valence-corrected chi connectivity index (χ2v) is 5.08. The Balaban J connectivity index is 2.71. The molecule has 5 nitrogen and oxygen atoms in total. The van der Waals surface area contributed by atoms with E-state index < -0.39 is 17.7 Å². The molecule has 17 heavy (non-hydrogen) atoms. The lowest BCUT2D eigenvalue weighted by Crippen LogP contribution is -2.53. The smallest absolute Gasteiger partial charge is 0.411 e. The Morgan fingerprint density at radius 3 is 2.59 bits per heavy atom. The van der Waals surface area contributed by atoms with Gasteiger partial charge in [-0.05, 0) is 20.8 Å². The van der Waals surface area contributed by atoms with Crippen LogP contribution >= 0.6 is 0 Å². The summed E-state index contributed by atoms with van der Waals surface area (Å²) in [4.78, 5) is 25.1. The van der Waals surface area contributed by atoms with Crippen molar-refractivity contribution in [2.24, 2.45) is 0 Å². The molecule has 0 unspecified atom stereocenters. The number of nitrogens with zero attached hydrogens (tertiary/aromatic N) is 1. The first-order valence-corrected chi connectivity index (χ1v) is 5.95. The summed E-state index contributed by atoms with van der Waals surface area (Å²) in [6.45, 7) is 8.33. The molecule has 1 heterocycles. The van der Waals surface area contributed by atoms with Crippen LogP contribution in [0.25, 0.3) is 0 Å². The van der Waals surface area contributed by atoms with E-state index in [1.807, 2.05) is 20.8 Å². The first-order chi connectivity index (χ1) is 7.85. The van der Waals surface area contributed by atoms with Crippen molar-refractivity contribution in [3.05, 3.63) is 0 Å². The number of ketones is 1. The molecule has 0 spiro atoms. The number of hydrogen-bond donors (Lipinski definition) is 0. The molecule has 1 rings (SSSR count). The maximum absolute atomic E-state index is 11.9. The maximum Gasteiger partial charge on any atom is 0.411 e. The highest BCUT2D eigenvalue weighted by Gasteiger charge is 2.34. The molecule has 0 N–H and O–H groups in total. The van der Waals surface area contributed by atoms with E-state index in [1.165, 1.54) is 4.90 Å². The van der Waals surface area contributed by atoms with Crippen molar-refractivity contribution in [1.82, 2.24) is 4.90 Å². The van der Waals surface area contributed by atoms with Gasteiger partial charge in [0.2, 0.25) is 0 Å². The number of morpholine rings is 1. The molecule has 0 saturated carbocycles. The van der Waals surface area contributed by atoms with Crippen LogP contribution in [0.5, 0.6) is 0 Å². The average molecular weight is 243 g/mol. The number of carbonyl (C=O) groups is 2. The van der Waals surface area contributed by atoms with Crippen molar-refractivity contribution in [2.45, 2.75) is 45.8 Å². The van der Waals surface area contributed by atoms with Crippen molar-refractivity contribution in [1.29, 1.82) is 0 Å². The lowest BCUT2D eigenvalue weighted by atomic mass is 10.1. The number of carbonyl (C=O) groups excluding carboxylic acids is 2. The summed E-state index contributed by atoms with van der Waals surface area (Å²) in [5.41, 5.74) is -0.546. The summed E-state index contributed by atoms with van der Waals surface area (Å²) in [5, 5.41) is 0. The first kappa shape index (κ1) is 14.0. The molecule has 0 bridgehead atoms. The number of hydrogen-bond acceptors (Lipinski definition) is 4. The maximum atomic E-state index is 11.9. The van der Waals surface area contributed by atoms with Gasteiger partial charge in [0.25, 0.3) is 0 Å². The lowest BCUT2D eigenvalue weighted by Gasteiger charge is -2.35. The van der Waals surface area contributed by atoms with Crippen molar-refractivity contribution < 1.29 is 19.1 Å². The van der Waals surface area contributed by atoms with Crippen LogP contribution < -0.4 is 0 Å². The molecular formula is C12H21NO4. The Bertz CT molecular complexity index is 295. The highest BCUT2D eigenvalue weighted by atomic mass is 16.6. The van der Waals surface area contributed by atoms with E-state index in [-0.39, 0.29) is 12.4 Å². The topological polar surface area (TPSA) is 55.8 Å². The molecule has 5 heteroatoms. The third-order valence-corrected chi connectivity index (χ3v) is 2.48. The van der Waals surface area contributed by atoms with Gasteiger partial charge in [-0.2, -0.15) is 0 Å². The third-order valence-electron chi connectivity index (χ3n) is 2.48. The molecule has 0 aromatic carbocycles. The standard InChI is InChI=1S/C12H21NO4/c1-5-10(14)9-8-16-7-6-13(9)11(15)17-12(2,3)4/h9H,5-8H2,1-4H3/t9-/m0/s1. The first-order valence-electron chi connectivity index (χ1n) is 5.95. The average Bonchev–Trinajstić information content (AvgIpc) is 2.25. The van der Waals surface area contributed by atoms with E-state index >= 15 is 0 Å². The molecule has 0 aliphatic carbocycles. The highest BCUT2D eigenvalue weighted by molar-refractivity contribution is 5.87. The summed E-state index contributed by atoms with van der Waals surface area (Å²) in [7, 11) is 0. The molecule has 0 aromatic heterocycles. The molecule has 1 saturated heterocycles. The van der Waals surface area contributed by atoms with E-state index in [9.17, 15) is 9.59 Å². The van der Waals surface area contributed by atoms with Crippen molar-refractivity contribution in [3.8, 4) is 0 Å². The minimum Gasteiger partial charge on any atom is -0.444 e. The minimum absolute atomic E-state index is 0.00978. The van der Waals surface area contributed by atoms with E-state index in [4.69, 9.17) is 9.47 Å². The Morgan fingerprint density at radius 2 is 2.06 bits per heavy atom. The molecule has 0 radical (unpaired) electrons. The van der Waals surface area contributed by atoms with Gasteiger partial charge in [0.1, 0.15) is 11.6 Å². The third kappa shape index (κ3) is 4.00. The number of rotatable bonds is 2. The number of Topliss-reactive ketones (excluding diaryl/α,β-unsaturated/α-hetero) is 1. The Hall–Kier alpha value is -1.10. The minimum atomic E-state index is -0.546. The Morgan fingerprint density at radius 1 is 1.41 bits per heavy atom.